The number of para-hydroxylation sites is 1. The van der Waals surface area contributed by atoms with Gasteiger partial charge in [0.15, 0.2) is 11.2 Å². The van der Waals surface area contributed by atoms with E-state index in [0.29, 0.717) is 22.7 Å². The normalized spacial score (nSPS) is 15.5. The molecular weight excluding hydrogens is 397 g/mol. The van der Waals surface area contributed by atoms with E-state index >= 15 is 0 Å². The number of hydrogen-bond acceptors (Lipinski definition) is 6. The lowest BCUT2D eigenvalue weighted by Crippen LogP contribution is -2.33. The van der Waals surface area contributed by atoms with Gasteiger partial charge in [-0.25, -0.2) is 4.39 Å². The summed E-state index contributed by atoms with van der Waals surface area (Å²) in [5.41, 5.74) is 0.386. The number of amides is 2. The maximum absolute atomic E-state index is 13.0. The second-order valence-corrected chi connectivity index (χ2v) is 7.21. The molecule has 2 amide bonds. The van der Waals surface area contributed by atoms with Crippen LogP contribution in [0.3, 0.4) is 0 Å². The summed E-state index contributed by atoms with van der Waals surface area (Å²) in [7, 11) is 0. The third-order valence-corrected chi connectivity index (χ3v) is 5.24. The number of thioether (sulfide) groups is 1. The molecule has 1 aromatic heterocycles. The van der Waals surface area contributed by atoms with E-state index in [-0.39, 0.29) is 21.5 Å². The molecule has 1 fully saturated rings. The monoisotopic (exact) mass is 409 g/mol. The van der Waals surface area contributed by atoms with Crippen LogP contribution in [-0.2, 0) is 4.79 Å². The molecule has 1 saturated heterocycles. The number of nitrogens with zero attached hydrogens (tertiary/aromatic N) is 1. The predicted octanol–water partition coefficient (Wildman–Crippen LogP) is 3.85. The van der Waals surface area contributed by atoms with Crippen molar-refractivity contribution in [2.45, 2.75) is 0 Å². The molecule has 2 aromatic carbocycles. The van der Waals surface area contributed by atoms with Gasteiger partial charge in [0.25, 0.3) is 11.1 Å². The van der Waals surface area contributed by atoms with Crippen molar-refractivity contribution in [3.8, 4) is 0 Å². The Morgan fingerprint density at radius 2 is 1.79 bits per heavy atom. The van der Waals surface area contributed by atoms with Crippen LogP contribution in [0.25, 0.3) is 17.0 Å². The molecule has 0 atom stereocenters. The molecule has 0 bridgehead atoms. The topological polar surface area (TPSA) is 84.7 Å². The Hall–Kier alpha value is -3.52. The summed E-state index contributed by atoms with van der Waals surface area (Å²) in [6.07, 6.45) is 2.51. The van der Waals surface area contributed by atoms with Gasteiger partial charge in [0, 0.05) is 5.56 Å². The van der Waals surface area contributed by atoms with Crippen LogP contribution in [0.2, 0.25) is 0 Å². The van der Waals surface area contributed by atoms with Gasteiger partial charge in [0.1, 0.15) is 17.7 Å². The molecule has 1 aliphatic rings. The quantitative estimate of drug-likeness (QED) is 0.481. The standard InChI is InChI=1S/C21H12FNO5S/c22-14-7-5-12(6-8-14)16(24)10-23-20(26)18(29-21(23)27)9-13-11-28-17-4-2-1-3-15(17)19(13)25/h1-9,11H,10H2/b18-9-. The Morgan fingerprint density at radius 3 is 2.55 bits per heavy atom. The second kappa shape index (κ2) is 7.48. The van der Waals surface area contributed by atoms with Gasteiger partial charge in [0.05, 0.1) is 22.4 Å². The van der Waals surface area contributed by atoms with Gasteiger partial charge in [-0.05, 0) is 54.2 Å². The number of Topliss-reactive ketones (excluding diaryl/α,β-unsaturated/α-hetero) is 1. The van der Waals surface area contributed by atoms with E-state index in [4.69, 9.17) is 4.42 Å². The molecule has 0 N–H and O–H groups in total. The van der Waals surface area contributed by atoms with Gasteiger partial charge < -0.3 is 4.42 Å². The third kappa shape index (κ3) is 3.62. The summed E-state index contributed by atoms with van der Waals surface area (Å²) < 4.78 is 18.4. The molecule has 3 aromatic rings. The van der Waals surface area contributed by atoms with Crippen molar-refractivity contribution in [1.29, 1.82) is 0 Å². The molecule has 1 aliphatic heterocycles. The number of ketones is 1. The highest BCUT2D eigenvalue weighted by atomic mass is 32.2. The summed E-state index contributed by atoms with van der Waals surface area (Å²) >= 11 is 0.636. The summed E-state index contributed by atoms with van der Waals surface area (Å²) in [6.45, 7) is -0.472. The van der Waals surface area contributed by atoms with Gasteiger partial charge in [-0.15, -0.1) is 0 Å². The zero-order valence-electron chi connectivity index (χ0n) is 14.8. The zero-order chi connectivity index (χ0) is 20.5. The SMILES string of the molecule is O=C(CN1C(=O)S/C(=C\c2coc3ccccc3c2=O)C1=O)c1ccc(F)cc1. The Morgan fingerprint density at radius 1 is 1.07 bits per heavy atom. The average molecular weight is 409 g/mol. The van der Waals surface area contributed by atoms with Crippen LogP contribution in [0.4, 0.5) is 9.18 Å². The minimum absolute atomic E-state index is 0.0180. The van der Waals surface area contributed by atoms with E-state index < -0.39 is 29.3 Å². The molecule has 0 aliphatic carbocycles. The Kier molecular flexibility index (Phi) is 4.85. The highest BCUT2D eigenvalue weighted by Gasteiger charge is 2.36. The lowest BCUT2D eigenvalue weighted by atomic mass is 10.1. The Labute approximate surface area is 167 Å². The summed E-state index contributed by atoms with van der Waals surface area (Å²) in [5, 5.41) is -0.270. The van der Waals surface area contributed by atoms with E-state index in [1.54, 1.807) is 24.3 Å². The van der Waals surface area contributed by atoms with Crippen molar-refractivity contribution >= 4 is 45.7 Å². The van der Waals surface area contributed by atoms with Crippen LogP contribution in [0.5, 0.6) is 0 Å². The maximum atomic E-state index is 13.0. The molecule has 2 heterocycles. The van der Waals surface area contributed by atoms with Crippen LogP contribution in [0, 0.1) is 5.82 Å². The number of fused-ring (bicyclic) bond motifs is 1. The number of benzene rings is 2. The lowest BCUT2D eigenvalue weighted by Gasteiger charge is -2.11. The predicted molar refractivity (Wildman–Crippen MR) is 106 cm³/mol. The third-order valence-electron chi connectivity index (χ3n) is 4.33. The smallest absolute Gasteiger partial charge is 0.293 e. The molecule has 4 rings (SSSR count). The van der Waals surface area contributed by atoms with Crippen LogP contribution in [0.1, 0.15) is 15.9 Å². The minimum Gasteiger partial charge on any atom is -0.463 e. The fourth-order valence-corrected chi connectivity index (χ4v) is 3.67. The molecule has 0 unspecified atom stereocenters. The highest BCUT2D eigenvalue weighted by molar-refractivity contribution is 8.18. The van der Waals surface area contributed by atoms with E-state index in [1.165, 1.54) is 24.5 Å². The van der Waals surface area contributed by atoms with Crippen molar-refractivity contribution in [2.75, 3.05) is 6.54 Å². The summed E-state index contributed by atoms with van der Waals surface area (Å²) in [5.74, 6) is -1.67. The maximum Gasteiger partial charge on any atom is 0.293 e. The fraction of sp³-hybridized carbons (Fsp3) is 0.0476. The second-order valence-electron chi connectivity index (χ2n) is 6.21. The van der Waals surface area contributed by atoms with Gasteiger partial charge in [-0.1, -0.05) is 12.1 Å². The molecule has 0 spiro atoms. The first-order chi connectivity index (χ1) is 13.9. The molecule has 29 heavy (non-hydrogen) atoms. The first-order valence-electron chi connectivity index (χ1n) is 8.49. The Bertz CT molecular complexity index is 1250. The van der Waals surface area contributed by atoms with Crippen molar-refractivity contribution in [1.82, 2.24) is 4.90 Å². The molecule has 0 saturated carbocycles. The number of rotatable bonds is 4. The van der Waals surface area contributed by atoms with Crippen molar-refractivity contribution in [3.05, 3.63) is 86.9 Å². The van der Waals surface area contributed by atoms with Crippen LogP contribution < -0.4 is 5.43 Å². The summed E-state index contributed by atoms with van der Waals surface area (Å²) in [6, 6.07) is 11.5. The van der Waals surface area contributed by atoms with Gasteiger partial charge >= 0.3 is 0 Å². The van der Waals surface area contributed by atoms with Crippen molar-refractivity contribution < 1.29 is 23.2 Å². The first-order valence-corrected chi connectivity index (χ1v) is 9.30. The van der Waals surface area contributed by atoms with Gasteiger partial charge in [-0.2, -0.15) is 0 Å². The lowest BCUT2D eigenvalue weighted by molar-refractivity contribution is -0.122. The fourth-order valence-electron chi connectivity index (χ4n) is 2.84. The molecule has 8 heteroatoms. The number of carbonyl (C=O) groups excluding carboxylic acids is 3. The van der Waals surface area contributed by atoms with Crippen LogP contribution in [-0.4, -0.2) is 28.4 Å². The van der Waals surface area contributed by atoms with Crippen molar-refractivity contribution in [2.24, 2.45) is 0 Å². The Balaban J connectivity index is 1.59. The molecule has 144 valence electrons. The first kappa shape index (κ1) is 18.8. The number of carbonyl (C=O) groups is 3. The highest BCUT2D eigenvalue weighted by Crippen LogP contribution is 2.32. The number of halogens is 1. The summed E-state index contributed by atoms with van der Waals surface area (Å²) in [4.78, 5) is 50.5. The van der Waals surface area contributed by atoms with E-state index in [9.17, 15) is 23.6 Å². The van der Waals surface area contributed by atoms with E-state index in [2.05, 4.69) is 0 Å². The van der Waals surface area contributed by atoms with E-state index in [0.717, 1.165) is 17.0 Å². The zero-order valence-corrected chi connectivity index (χ0v) is 15.6. The minimum atomic E-state index is -0.678. The van der Waals surface area contributed by atoms with Crippen LogP contribution >= 0.6 is 11.8 Å². The largest absolute Gasteiger partial charge is 0.463 e. The van der Waals surface area contributed by atoms with Gasteiger partial charge in [0.2, 0.25) is 0 Å². The van der Waals surface area contributed by atoms with Crippen LogP contribution in [0.15, 0.2) is 68.9 Å². The number of hydrogen-bond donors (Lipinski definition) is 0. The van der Waals surface area contributed by atoms with Crippen molar-refractivity contribution in [3.63, 3.8) is 0 Å². The van der Waals surface area contributed by atoms with E-state index in [1.807, 2.05) is 0 Å². The number of imide groups is 1. The average Bonchev–Trinajstić information content (AvgIpc) is 2.98. The molecule has 6 nitrogen and oxygen atoms in total. The molecule has 0 radical (unpaired) electrons. The van der Waals surface area contributed by atoms with Gasteiger partial charge in [-0.3, -0.25) is 24.1 Å². The molecular formula is C21H12FNO5S.